The zero-order valence-corrected chi connectivity index (χ0v) is 15.3. The first-order valence-corrected chi connectivity index (χ1v) is 9.15. The molecule has 0 aromatic heterocycles. The van der Waals surface area contributed by atoms with Crippen LogP contribution in [0.25, 0.3) is 0 Å². The third-order valence-corrected chi connectivity index (χ3v) is 4.67. The fraction of sp³-hybridized carbons (Fsp3) is 0.333. The largest absolute Gasteiger partial charge is 0.494 e. The van der Waals surface area contributed by atoms with Gasteiger partial charge in [0, 0.05) is 6.54 Å². The summed E-state index contributed by atoms with van der Waals surface area (Å²) >= 11 is 0. The van der Waals surface area contributed by atoms with Crippen molar-refractivity contribution in [1.82, 2.24) is 10.2 Å². The molecule has 1 aliphatic heterocycles. The molecule has 2 aromatic rings. The Hall–Kier alpha value is -2.89. The number of likely N-dealkylation sites (tertiary alicyclic amines) is 1. The molecular weight excluding hydrogens is 347 g/mol. The Morgan fingerprint density at radius 3 is 2.63 bits per heavy atom. The predicted octanol–water partition coefficient (Wildman–Crippen LogP) is 3.32. The standard InChI is InChI=1S/C21H23FN2O3/c1-2-27-16-11-9-15(10-12-16)19-8-5-13-24(19)20(25)14-23-21(26)17-6-3-4-7-18(17)22/h3-4,6-7,9-12,19H,2,5,8,13-14H2,1H3,(H,23,26)/t19-/m0/s1. The zero-order chi connectivity index (χ0) is 19.2. The Labute approximate surface area is 158 Å². The van der Waals surface area contributed by atoms with Crippen LogP contribution in [0.15, 0.2) is 48.5 Å². The number of nitrogens with one attached hydrogen (secondary N) is 1. The van der Waals surface area contributed by atoms with Gasteiger partial charge in [-0.2, -0.15) is 0 Å². The Balaban J connectivity index is 1.62. The summed E-state index contributed by atoms with van der Waals surface area (Å²) < 4.78 is 19.1. The molecule has 1 N–H and O–H groups in total. The molecule has 0 unspecified atom stereocenters. The van der Waals surface area contributed by atoms with Gasteiger partial charge in [-0.1, -0.05) is 24.3 Å². The Morgan fingerprint density at radius 2 is 1.93 bits per heavy atom. The number of hydrogen-bond acceptors (Lipinski definition) is 3. The zero-order valence-electron chi connectivity index (χ0n) is 15.3. The molecule has 3 rings (SSSR count). The van der Waals surface area contributed by atoms with Gasteiger partial charge < -0.3 is 15.0 Å². The lowest BCUT2D eigenvalue weighted by Crippen LogP contribution is -2.40. The maximum absolute atomic E-state index is 13.7. The molecule has 1 heterocycles. The summed E-state index contributed by atoms with van der Waals surface area (Å²) in [6, 6.07) is 13.5. The highest BCUT2D eigenvalue weighted by Gasteiger charge is 2.30. The number of carbonyl (C=O) groups is 2. The van der Waals surface area contributed by atoms with Gasteiger partial charge in [-0.3, -0.25) is 9.59 Å². The summed E-state index contributed by atoms with van der Waals surface area (Å²) in [5, 5.41) is 2.52. The molecule has 2 amide bonds. The van der Waals surface area contributed by atoms with Crippen LogP contribution in [0, 0.1) is 5.82 Å². The lowest BCUT2D eigenvalue weighted by molar-refractivity contribution is -0.131. The van der Waals surface area contributed by atoms with Crippen molar-refractivity contribution in [2.75, 3.05) is 19.7 Å². The van der Waals surface area contributed by atoms with Crippen molar-refractivity contribution >= 4 is 11.8 Å². The Bertz CT molecular complexity index is 807. The van der Waals surface area contributed by atoms with Crippen LogP contribution in [0.5, 0.6) is 5.75 Å². The molecule has 0 saturated carbocycles. The van der Waals surface area contributed by atoms with Crippen molar-refractivity contribution in [3.05, 3.63) is 65.5 Å². The van der Waals surface area contributed by atoms with Crippen LogP contribution in [0.1, 0.15) is 41.7 Å². The first kappa shape index (κ1) is 18.9. The number of rotatable bonds is 6. The van der Waals surface area contributed by atoms with Crippen LogP contribution in [0.2, 0.25) is 0 Å². The monoisotopic (exact) mass is 370 g/mol. The molecule has 27 heavy (non-hydrogen) atoms. The molecule has 5 nitrogen and oxygen atoms in total. The average Bonchev–Trinajstić information content (AvgIpc) is 3.17. The van der Waals surface area contributed by atoms with Crippen molar-refractivity contribution in [3.8, 4) is 5.75 Å². The van der Waals surface area contributed by atoms with E-state index in [-0.39, 0.29) is 24.1 Å². The molecule has 6 heteroatoms. The van der Waals surface area contributed by atoms with Crippen LogP contribution in [0.4, 0.5) is 4.39 Å². The molecule has 0 bridgehead atoms. The second-order valence-corrected chi connectivity index (χ2v) is 6.41. The maximum atomic E-state index is 13.7. The van der Waals surface area contributed by atoms with E-state index in [9.17, 15) is 14.0 Å². The topological polar surface area (TPSA) is 58.6 Å². The number of benzene rings is 2. The molecule has 0 spiro atoms. The van der Waals surface area contributed by atoms with E-state index < -0.39 is 11.7 Å². The number of hydrogen-bond donors (Lipinski definition) is 1. The fourth-order valence-corrected chi connectivity index (χ4v) is 3.36. The van der Waals surface area contributed by atoms with E-state index in [1.807, 2.05) is 31.2 Å². The van der Waals surface area contributed by atoms with Crippen molar-refractivity contribution in [3.63, 3.8) is 0 Å². The van der Waals surface area contributed by atoms with Gasteiger partial charge in [0.15, 0.2) is 0 Å². The van der Waals surface area contributed by atoms with Gasteiger partial charge in [0.25, 0.3) is 5.91 Å². The lowest BCUT2D eigenvalue weighted by Gasteiger charge is -2.25. The van der Waals surface area contributed by atoms with Crippen LogP contribution < -0.4 is 10.1 Å². The van der Waals surface area contributed by atoms with Gasteiger partial charge in [0.1, 0.15) is 11.6 Å². The first-order valence-electron chi connectivity index (χ1n) is 9.15. The van der Waals surface area contributed by atoms with E-state index in [0.29, 0.717) is 13.2 Å². The highest BCUT2D eigenvalue weighted by atomic mass is 19.1. The smallest absolute Gasteiger partial charge is 0.254 e. The van der Waals surface area contributed by atoms with Crippen LogP contribution in [-0.4, -0.2) is 36.4 Å². The quantitative estimate of drug-likeness (QED) is 0.849. The van der Waals surface area contributed by atoms with E-state index in [1.54, 1.807) is 11.0 Å². The maximum Gasteiger partial charge on any atom is 0.254 e. The number of halogens is 1. The fourth-order valence-electron chi connectivity index (χ4n) is 3.36. The molecule has 0 radical (unpaired) electrons. The molecule has 142 valence electrons. The second-order valence-electron chi connectivity index (χ2n) is 6.41. The molecule has 1 atom stereocenters. The van der Waals surface area contributed by atoms with E-state index in [1.165, 1.54) is 18.2 Å². The SMILES string of the molecule is CCOc1ccc([C@@H]2CCCN2C(=O)CNC(=O)c2ccccc2F)cc1. The van der Waals surface area contributed by atoms with Crippen molar-refractivity contribution in [1.29, 1.82) is 0 Å². The minimum Gasteiger partial charge on any atom is -0.494 e. The Kier molecular flexibility index (Phi) is 6.06. The van der Waals surface area contributed by atoms with Gasteiger partial charge in [-0.05, 0) is 49.6 Å². The van der Waals surface area contributed by atoms with Crippen LogP contribution >= 0.6 is 0 Å². The Morgan fingerprint density at radius 1 is 1.19 bits per heavy atom. The minimum atomic E-state index is -0.601. The normalized spacial score (nSPS) is 16.2. The summed E-state index contributed by atoms with van der Waals surface area (Å²) in [6.07, 6.45) is 1.78. The number of amides is 2. The highest BCUT2D eigenvalue weighted by molar-refractivity contribution is 5.96. The average molecular weight is 370 g/mol. The van der Waals surface area contributed by atoms with E-state index in [0.717, 1.165) is 24.2 Å². The van der Waals surface area contributed by atoms with Crippen molar-refractivity contribution in [2.24, 2.45) is 0 Å². The number of carbonyl (C=O) groups excluding carboxylic acids is 2. The third-order valence-electron chi connectivity index (χ3n) is 4.67. The summed E-state index contributed by atoms with van der Waals surface area (Å²) in [6.45, 7) is 3.03. The van der Waals surface area contributed by atoms with Gasteiger partial charge >= 0.3 is 0 Å². The molecule has 0 aliphatic carbocycles. The first-order chi connectivity index (χ1) is 13.1. The third kappa shape index (κ3) is 4.45. The summed E-state index contributed by atoms with van der Waals surface area (Å²) in [7, 11) is 0. The predicted molar refractivity (Wildman–Crippen MR) is 100 cm³/mol. The van der Waals surface area contributed by atoms with E-state index in [2.05, 4.69) is 5.32 Å². The minimum absolute atomic E-state index is 0.0152. The van der Waals surface area contributed by atoms with Gasteiger partial charge in [0.2, 0.25) is 5.91 Å². The summed E-state index contributed by atoms with van der Waals surface area (Å²) in [4.78, 5) is 26.5. The summed E-state index contributed by atoms with van der Waals surface area (Å²) in [5.74, 6) is -0.556. The molecule has 1 aliphatic rings. The highest BCUT2D eigenvalue weighted by Crippen LogP contribution is 2.32. The van der Waals surface area contributed by atoms with Gasteiger partial charge in [0.05, 0.1) is 24.8 Å². The van der Waals surface area contributed by atoms with Crippen molar-refractivity contribution in [2.45, 2.75) is 25.8 Å². The van der Waals surface area contributed by atoms with Crippen molar-refractivity contribution < 1.29 is 18.7 Å². The van der Waals surface area contributed by atoms with E-state index >= 15 is 0 Å². The van der Waals surface area contributed by atoms with Crippen LogP contribution in [0.3, 0.4) is 0 Å². The van der Waals surface area contributed by atoms with Gasteiger partial charge in [-0.25, -0.2) is 4.39 Å². The van der Waals surface area contributed by atoms with E-state index in [4.69, 9.17) is 4.74 Å². The molecule has 2 aromatic carbocycles. The molecule has 1 fully saturated rings. The second kappa shape index (κ2) is 8.66. The molecule has 1 saturated heterocycles. The lowest BCUT2D eigenvalue weighted by atomic mass is 10.0. The molecular formula is C21H23FN2O3. The summed E-state index contributed by atoms with van der Waals surface area (Å²) in [5.41, 5.74) is 0.986. The van der Waals surface area contributed by atoms with Crippen LogP contribution in [-0.2, 0) is 4.79 Å². The number of nitrogens with zero attached hydrogens (tertiary/aromatic N) is 1. The number of ether oxygens (including phenoxy) is 1. The van der Waals surface area contributed by atoms with Gasteiger partial charge in [-0.15, -0.1) is 0 Å².